The Morgan fingerprint density at radius 1 is 1.48 bits per heavy atom. The molecule has 0 aromatic carbocycles. The maximum Gasteiger partial charge on any atom is 0.410 e. The van der Waals surface area contributed by atoms with Gasteiger partial charge in [-0.25, -0.2) is 4.79 Å². The van der Waals surface area contributed by atoms with E-state index in [-0.39, 0.29) is 6.09 Å². The number of thiophene rings is 1. The van der Waals surface area contributed by atoms with E-state index in [1.54, 1.807) is 11.9 Å². The SMILES string of the molecule is CN(CCCNCc1ccc(C#N)s1)C(=O)OC(C)(C)C. The zero-order valence-corrected chi connectivity index (χ0v) is 13.9. The lowest BCUT2D eigenvalue weighted by atomic mass is 10.2. The second-order valence-electron chi connectivity index (χ2n) is 5.81. The molecule has 1 aromatic rings. The molecule has 1 N–H and O–H groups in total. The summed E-state index contributed by atoms with van der Waals surface area (Å²) in [6, 6.07) is 5.92. The van der Waals surface area contributed by atoms with Crippen molar-refractivity contribution in [2.24, 2.45) is 0 Å². The third-order valence-electron chi connectivity index (χ3n) is 2.62. The highest BCUT2D eigenvalue weighted by atomic mass is 32.1. The lowest BCUT2D eigenvalue weighted by Crippen LogP contribution is -2.35. The van der Waals surface area contributed by atoms with E-state index in [2.05, 4.69) is 11.4 Å². The van der Waals surface area contributed by atoms with E-state index in [4.69, 9.17) is 10.00 Å². The largest absolute Gasteiger partial charge is 0.444 e. The van der Waals surface area contributed by atoms with Crippen LogP contribution in [0.4, 0.5) is 4.79 Å². The van der Waals surface area contributed by atoms with Gasteiger partial charge in [-0.2, -0.15) is 5.26 Å². The molecule has 1 rings (SSSR count). The Morgan fingerprint density at radius 2 is 2.19 bits per heavy atom. The van der Waals surface area contributed by atoms with Gasteiger partial charge in [0.1, 0.15) is 16.5 Å². The first-order valence-corrected chi connectivity index (χ1v) is 7.77. The number of ether oxygens (including phenoxy) is 1. The van der Waals surface area contributed by atoms with Crippen molar-refractivity contribution in [1.29, 1.82) is 5.26 Å². The summed E-state index contributed by atoms with van der Waals surface area (Å²) in [6.45, 7) is 7.79. The highest BCUT2D eigenvalue weighted by molar-refractivity contribution is 7.12. The van der Waals surface area contributed by atoms with Crippen molar-refractivity contribution >= 4 is 17.4 Å². The van der Waals surface area contributed by atoms with E-state index in [0.29, 0.717) is 6.54 Å². The molecule has 6 heteroatoms. The van der Waals surface area contributed by atoms with E-state index < -0.39 is 5.60 Å². The molecule has 1 amide bonds. The lowest BCUT2D eigenvalue weighted by molar-refractivity contribution is 0.0297. The molecule has 0 fully saturated rings. The Kier molecular flexibility index (Phi) is 6.66. The van der Waals surface area contributed by atoms with Gasteiger partial charge in [-0.15, -0.1) is 11.3 Å². The summed E-state index contributed by atoms with van der Waals surface area (Å²) in [5, 5.41) is 12.0. The number of carbonyl (C=O) groups excluding carboxylic acids is 1. The summed E-state index contributed by atoms with van der Waals surface area (Å²) >= 11 is 1.50. The van der Waals surface area contributed by atoms with Crippen LogP contribution in [0.3, 0.4) is 0 Å². The Balaban J connectivity index is 2.16. The minimum atomic E-state index is -0.457. The van der Waals surface area contributed by atoms with Gasteiger partial charge in [-0.05, 0) is 45.9 Å². The molecule has 0 aliphatic heterocycles. The predicted molar refractivity (Wildman–Crippen MR) is 84.2 cm³/mol. The second kappa shape index (κ2) is 8.01. The van der Waals surface area contributed by atoms with E-state index >= 15 is 0 Å². The number of nitrogens with zero attached hydrogens (tertiary/aromatic N) is 2. The van der Waals surface area contributed by atoms with Crippen molar-refractivity contribution in [2.75, 3.05) is 20.1 Å². The van der Waals surface area contributed by atoms with Crippen molar-refractivity contribution in [1.82, 2.24) is 10.2 Å². The minimum absolute atomic E-state index is 0.292. The van der Waals surface area contributed by atoms with Crippen molar-refractivity contribution < 1.29 is 9.53 Å². The molecule has 5 nitrogen and oxygen atoms in total. The van der Waals surface area contributed by atoms with Crippen molar-refractivity contribution in [3.05, 3.63) is 21.9 Å². The molecule has 0 aliphatic carbocycles. The smallest absolute Gasteiger partial charge is 0.410 e. The lowest BCUT2D eigenvalue weighted by Gasteiger charge is -2.24. The highest BCUT2D eigenvalue weighted by Crippen LogP contribution is 2.14. The highest BCUT2D eigenvalue weighted by Gasteiger charge is 2.18. The average molecular weight is 309 g/mol. The topological polar surface area (TPSA) is 65.4 Å². The van der Waals surface area contributed by atoms with Gasteiger partial charge in [0.2, 0.25) is 0 Å². The third-order valence-corrected chi connectivity index (χ3v) is 3.61. The molecule has 116 valence electrons. The quantitative estimate of drug-likeness (QED) is 0.821. The van der Waals surface area contributed by atoms with Crippen molar-refractivity contribution in [3.8, 4) is 6.07 Å². The Hall–Kier alpha value is -1.58. The monoisotopic (exact) mass is 309 g/mol. The van der Waals surface area contributed by atoms with Crippen molar-refractivity contribution in [2.45, 2.75) is 39.3 Å². The first-order chi connectivity index (χ1) is 9.81. The van der Waals surface area contributed by atoms with Crippen LogP contribution in [0.5, 0.6) is 0 Å². The molecular formula is C15H23N3O2S. The Morgan fingerprint density at radius 3 is 2.76 bits per heavy atom. The van der Waals surface area contributed by atoms with Crippen LogP contribution in [0.2, 0.25) is 0 Å². The van der Waals surface area contributed by atoms with Crippen molar-refractivity contribution in [3.63, 3.8) is 0 Å². The summed E-state index contributed by atoms with van der Waals surface area (Å²) in [7, 11) is 1.74. The van der Waals surface area contributed by atoms with Crippen LogP contribution in [0, 0.1) is 11.3 Å². The summed E-state index contributed by atoms with van der Waals surface area (Å²) in [5.74, 6) is 0. The van der Waals surface area contributed by atoms with Gasteiger partial charge in [-0.3, -0.25) is 0 Å². The van der Waals surface area contributed by atoms with Crippen LogP contribution in [0.15, 0.2) is 12.1 Å². The number of nitriles is 1. The predicted octanol–water partition coefficient (Wildman–Crippen LogP) is 2.97. The number of hydrogen-bond donors (Lipinski definition) is 1. The van der Waals surface area contributed by atoms with Gasteiger partial charge >= 0.3 is 6.09 Å². The first-order valence-electron chi connectivity index (χ1n) is 6.95. The number of carbonyl (C=O) groups is 1. The number of nitrogens with one attached hydrogen (secondary N) is 1. The Bertz CT molecular complexity index is 500. The maximum absolute atomic E-state index is 11.7. The minimum Gasteiger partial charge on any atom is -0.444 e. The van der Waals surface area contributed by atoms with Crippen LogP contribution < -0.4 is 5.32 Å². The first kappa shape index (κ1) is 17.5. The van der Waals surface area contributed by atoms with E-state index in [0.717, 1.165) is 29.3 Å². The van der Waals surface area contributed by atoms with Gasteiger partial charge in [0.05, 0.1) is 0 Å². The van der Waals surface area contributed by atoms with Gasteiger partial charge in [-0.1, -0.05) is 0 Å². The van der Waals surface area contributed by atoms with Gasteiger partial charge < -0.3 is 15.0 Å². The zero-order valence-electron chi connectivity index (χ0n) is 13.1. The standard InChI is InChI=1S/C15H23N3O2S/c1-15(2,3)20-14(19)18(4)9-5-8-17-11-13-7-6-12(10-16)21-13/h6-7,17H,5,8-9,11H2,1-4H3. The normalized spacial score (nSPS) is 11.0. The molecule has 0 aliphatic rings. The molecule has 0 radical (unpaired) electrons. The van der Waals surface area contributed by atoms with E-state index in [9.17, 15) is 4.79 Å². The summed E-state index contributed by atoms with van der Waals surface area (Å²) in [5.41, 5.74) is -0.457. The van der Waals surface area contributed by atoms with Crippen LogP contribution in [0.25, 0.3) is 0 Å². The van der Waals surface area contributed by atoms with E-state index in [1.807, 2.05) is 32.9 Å². The summed E-state index contributed by atoms with van der Waals surface area (Å²) < 4.78 is 5.28. The zero-order chi connectivity index (χ0) is 15.9. The summed E-state index contributed by atoms with van der Waals surface area (Å²) in [4.78, 5) is 15.2. The molecule has 1 aromatic heterocycles. The Labute approximate surface area is 130 Å². The molecule has 0 spiro atoms. The van der Waals surface area contributed by atoms with Crippen LogP contribution in [0.1, 0.15) is 36.9 Å². The van der Waals surface area contributed by atoms with E-state index in [1.165, 1.54) is 11.3 Å². The van der Waals surface area contributed by atoms with Gasteiger partial charge in [0.15, 0.2) is 0 Å². The third kappa shape index (κ3) is 7.11. The molecule has 21 heavy (non-hydrogen) atoms. The number of hydrogen-bond acceptors (Lipinski definition) is 5. The fourth-order valence-corrected chi connectivity index (χ4v) is 2.39. The van der Waals surface area contributed by atoms with Gasteiger partial charge in [0, 0.05) is 25.0 Å². The van der Waals surface area contributed by atoms with Crippen LogP contribution in [-0.4, -0.2) is 36.7 Å². The fraction of sp³-hybridized carbons (Fsp3) is 0.600. The summed E-state index contributed by atoms with van der Waals surface area (Å²) in [6.07, 6.45) is 0.561. The molecule has 0 unspecified atom stereocenters. The molecule has 1 heterocycles. The van der Waals surface area contributed by atoms with Crippen LogP contribution >= 0.6 is 11.3 Å². The molecule has 0 saturated carbocycles. The number of amides is 1. The van der Waals surface area contributed by atoms with Crippen LogP contribution in [-0.2, 0) is 11.3 Å². The molecule has 0 saturated heterocycles. The molecular weight excluding hydrogens is 286 g/mol. The molecule has 0 atom stereocenters. The maximum atomic E-state index is 11.7. The molecule has 0 bridgehead atoms. The van der Waals surface area contributed by atoms with Gasteiger partial charge in [0.25, 0.3) is 0 Å². The average Bonchev–Trinajstić information content (AvgIpc) is 2.84. The second-order valence-corrected chi connectivity index (χ2v) is 6.98. The number of rotatable bonds is 6. The fourth-order valence-electron chi connectivity index (χ4n) is 1.62.